The number of nitrogens with zero attached hydrogens (tertiary/aromatic N) is 2. The van der Waals surface area contributed by atoms with Gasteiger partial charge in [-0.1, -0.05) is 6.07 Å². The third kappa shape index (κ3) is 3.74. The second-order valence-electron chi connectivity index (χ2n) is 7.38. The molecule has 0 saturated carbocycles. The molecule has 0 radical (unpaired) electrons. The Morgan fingerprint density at radius 2 is 1.93 bits per heavy atom. The first kappa shape index (κ1) is 18.9. The Bertz CT molecular complexity index is 783. The number of fused-ring (bicyclic) bond motifs is 1. The number of carbonyl (C=O) groups excluding carboxylic acids is 2. The van der Waals surface area contributed by atoms with Gasteiger partial charge >= 0.3 is 6.18 Å². The summed E-state index contributed by atoms with van der Waals surface area (Å²) < 4.78 is 49.0. The fraction of sp³-hybridized carbons (Fsp3) is 0.579. The molecule has 2 saturated heterocycles. The molecule has 2 amide bonds. The summed E-state index contributed by atoms with van der Waals surface area (Å²) in [5, 5.41) is 0. The maximum atomic E-state index is 13.0. The van der Waals surface area contributed by atoms with E-state index < -0.39 is 24.5 Å². The van der Waals surface area contributed by atoms with Crippen LogP contribution in [-0.4, -0.2) is 60.6 Å². The summed E-state index contributed by atoms with van der Waals surface area (Å²) in [5.41, 5.74) is 0.909. The number of rotatable bonds is 3. The summed E-state index contributed by atoms with van der Waals surface area (Å²) in [6, 6.07) is 5.39. The molecule has 9 heteroatoms. The zero-order valence-corrected chi connectivity index (χ0v) is 15.2. The molecule has 2 atom stereocenters. The number of halogens is 3. The van der Waals surface area contributed by atoms with E-state index in [0.29, 0.717) is 31.3 Å². The maximum Gasteiger partial charge on any atom is 0.406 e. The molecule has 0 N–H and O–H groups in total. The molecule has 0 bridgehead atoms. The SMILES string of the molecule is O=C1CC(C(=O)N2CCCC2c2ccc3c(c2)OCCO3)CN1CC(F)(F)F. The number of amides is 2. The summed E-state index contributed by atoms with van der Waals surface area (Å²) in [4.78, 5) is 27.3. The number of hydrogen-bond acceptors (Lipinski definition) is 4. The maximum absolute atomic E-state index is 13.0. The third-order valence-electron chi connectivity index (χ3n) is 5.42. The Balaban J connectivity index is 1.48. The molecule has 152 valence electrons. The van der Waals surface area contributed by atoms with Crippen LogP contribution in [0.2, 0.25) is 0 Å². The third-order valence-corrected chi connectivity index (χ3v) is 5.42. The number of likely N-dealkylation sites (tertiary alicyclic amines) is 2. The van der Waals surface area contributed by atoms with Crippen molar-refractivity contribution in [1.29, 1.82) is 0 Å². The molecule has 2 fully saturated rings. The number of benzene rings is 1. The Morgan fingerprint density at radius 3 is 2.68 bits per heavy atom. The Labute approximate surface area is 160 Å². The van der Waals surface area contributed by atoms with Gasteiger partial charge < -0.3 is 19.3 Å². The molecule has 0 aliphatic carbocycles. The van der Waals surface area contributed by atoms with Crippen LogP contribution in [0.25, 0.3) is 0 Å². The van der Waals surface area contributed by atoms with Crippen molar-refractivity contribution in [2.45, 2.75) is 31.5 Å². The number of alkyl halides is 3. The molecule has 3 aliphatic rings. The van der Waals surface area contributed by atoms with Crippen LogP contribution in [0.1, 0.15) is 30.9 Å². The molecule has 0 spiro atoms. The van der Waals surface area contributed by atoms with Gasteiger partial charge in [-0.15, -0.1) is 0 Å². The summed E-state index contributed by atoms with van der Waals surface area (Å²) in [7, 11) is 0. The van der Waals surface area contributed by atoms with Crippen molar-refractivity contribution in [3.8, 4) is 11.5 Å². The monoisotopic (exact) mass is 398 g/mol. The van der Waals surface area contributed by atoms with Crippen molar-refractivity contribution in [3.63, 3.8) is 0 Å². The average Bonchev–Trinajstić information content (AvgIpc) is 3.27. The molecule has 1 aromatic rings. The van der Waals surface area contributed by atoms with E-state index in [2.05, 4.69) is 0 Å². The van der Waals surface area contributed by atoms with Gasteiger partial charge in [-0.2, -0.15) is 13.2 Å². The molecule has 6 nitrogen and oxygen atoms in total. The van der Waals surface area contributed by atoms with E-state index in [9.17, 15) is 22.8 Å². The molecular formula is C19H21F3N2O4. The first-order valence-electron chi connectivity index (χ1n) is 9.36. The minimum absolute atomic E-state index is 0.167. The Hall–Kier alpha value is -2.45. The second-order valence-corrected chi connectivity index (χ2v) is 7.38. The van der Waals surface area contributed by atoms with Crippen LogP contribution in [-0.2, 0) is 9.59 Å². The number of ether oxygens (including phenoxy) is 2. The highest BCUT2D eigenvalue weighted by Gasteiger charge is 2.43. The molecule has 4 rings (SSSR count). The van der Waals surface area contributed by atoms with Crippen molar-refractivity contribution < 1.29 is 32.2 Å². The molecule has 0 aromatic heterocycles. The lowest BCUT2D eigenvalue weighted by atomic mass is 10.0. The quantitative estimate of drug-likeness (QED) is 0.785. The van der Waals surface area contributed by atoms with E-state index in [4.69, 9.17) is 9.47 Å². The summed E-state index contributed by atoms with van der Waals surface area (Å²) >= 11 is 0. The van der Waals surface area contributed by atoms with Gasteiger partial charge in [-0.05, 0) is 30.5 Å². The zero-order chi connectivity index (χ0) is 19.9. The molecule has 2 unspecified atom stereocenters. The highest BCUT2D eigenvalue weighted by atomic mass is 19.4. The minimum atomic E-state index is -4.46. The Morgan fingerprint density at radius 1 is 1.18 bits per heavy atom. The van der Waals surface area contributed by atoms with E-state index in [-0.39, 0.29) is 24.9 Å². The molecule has 1 aromatic carbocycles. The van der Waals surface area contributed by atoms with Gasteiger partial charge in [-0.3, -0.25) is 9.59 Å². The normalized spacial score (nSPS) is 24.8. The van der Waals surface area contributed by atoms with Crippen molar-refractivity contribution >= 4 is 11.8 Å². The van der Waals surface area contributed by atoms with Gasteiger partial charge in [0, 0.05) is 19.5 Å². The van der Waals surface area contributed by atoms with Crippen LogP contribution in [0.3, 0.4) is 0 Å². The van der Waals surface area contributed by atoms with E-state index in [1.165, 1.54) is 0 Å². The molecule has 3 heterocycles. The van der Waals surface area contributed by atoms with Crippen LogP contribution in [0.4, 0.5) is 13.2 Å². The van der Waals surface area contributed by atoms with Gasteiger partial charge in [-0.25, -0.2) is 0 Å². The molecule has 3 aliphatic heterocycles. The number of carbonyl (C=O) groups is 2. The fourth-order valence-corrected chi connectivity index (χ4v) is 4.19. The van der Waals surface area contributed by atoms with Crippen LogP contribution >= 0.6 is 0 Å². The van der Waals surface area contributed by atoms with Gasteiger partial charge in [0.2, 0.25) is 11.8 Å². The standard InChI is InChI=1S/C19H21F3N2O4/c20-19(21,22)11-23-10-13(9-17(23)25)18(26)24-5-1-2-14(24)12-3-4-15-16(8-12)28-7-6-27-15/h3-4,8,13-14H,1-2,5-7,9-11H2. The van der Waals surface area contributed by atoms with E-state index in [0.717, 1.165) is 23.3 Å². The summed E-state index contributed by atoms with van der Waals surface area (Å²) in [6.07, 6.45) is -3.07. The zero-order valence-electron chi connectivity index (χ0n) is 15.2. The lowest BCUT2D eigenvalue weighted by Crippen LogP contribution is -2.39. The van der Waals surface area contributed by atoms with E-state index in [1.54, 1.807) is 4.90 Å². The topological polar surface area (TPSA) is 59.1 Å². The number of hydrogen-bond donors (Lipinski definition) is 0. The average molecular weight is 398 g/mol. The van der Waals surface area contributed by atoms with Gasteiger partial charge in [0.1, 0.15) is 19.8 Å². The predicted molar refractivity (Wildman–Crippen MR) is 91.9 cm³/mol. The van der Waals surface area contributed by atoms with Crippen molar-refractivity contribution in [3.05, 3.63) is 23.8 Å². The van der Waals surface area contributed by atoms with Crippen LogP contribution < -0.4 is 9.47 Å². The first-order chi connectivity index (χ1) is 13.3. The van der Waals surface area contributed by atoms with E-state index >= 15 is 0 Å². The van der Waals surface area contributed by atoms with Crippen molar-refractivity contribution in [2.75, 3.05) is 32.8 Å². The van der Waals surface area contributed by atoms with Crippen LogP contribution in [0.15, 0.2) is 18.2 Å². The van der Waals surface area contributed by atoms with Gasteiger partial charge in [0.05, 0.1) is 12.0 Å². The Kier molecular flexibility index (Phi) is 4.84. The summed E-state index contributed by atoms with van der Waals surface area (Å²) in [5.74, 6) is -0.306. The molecular weight excluding hydrogens is 377 g/mol. The van der Waals surface area contributed by atoms with E-state index in [1.807, 2.05) is 18.2 Å². The minimum Gasteiger partial charge on any atom is -0.486 e. The molecule has 28 heavy (non-hydrogen) atoms. The van der Waals surface area contributed by atoms with Crippen LogP contribution in [0, 0.1) is 5.92 Å². The van der Waals surface area contributed by atoms with Crippen LogP contribution in [0.5, 0.6) is 11.5 Å². The van der Waals surface area contributed by atoms with Gasteiger partial charge in [0.25, 0.3) is 0 Å². The fourth-order valence-electron chi connectivity index (χ4n) is 4.19. The van der Waals surface area contributed by atoms with Crippen molar-refractivity contribution in [2.24, 2.45) is 5.92 Å². The van der Waals surface area contributed by atoms with Gasteiger partial charge in [0.15, 0.2) is 11.5 Å². The van der Waals surface area contributed by atoms with Crippen molar-refractivity contribution in [1.82, 2.24) is 9.80 Å². The highest BCUT2D eigenvalue weighted by Crippen LogP contribution is 2.39. The predicted octanol–water partition coefficient (Wildman–Crippen LogP) is 2.53. The highest BCUT2D eigenvalue weighted by molar-refractivity contribution is 5.89. The lowest BCUT2D eigenvalue weighted by Gasteiger charge is -2.28. The second kappa shape index (κ2) is 7.18. The first-order valence-corrected chi connectivity index (χ1v) is 9.36. The smallest absolute Gasteiger partial charge is 0.406 e. The largest absolute Gasteiger partial charge is 0.486 e. The lowest BCUT2D eigenvalue weighted by molar-refractivity contribution is -0.157. The summed E-state index contributed by atoms with van der Waals surface area (Å²) in [6.45, 7) is -0.00183.